The maximum absolute atomic E-state index is 13.2. The van der Waals surface area contributed by atoms with E-state index in [0.717, 1.165) is 93.2 Å². The van der Waals surface area contributed by atoms with E-state index < -0.39 is 11.6 Å². The molecule has 0 amide bonds. The number of piperidine rings is 1. The summed E-state index contributed by atoms with van der Waals surface area (Å²) in [7, 11) is 0. The van der Waals surface area contributed by atoms with Crippen molar-refractivity contribution in [3.63, 3.8) is 0 Å². The highest BCUT2D eigenvalue weighted by atomic mass is 32.1. The second-order valence-electron chi connectivity index (χ2n) is 10.0. The van der Waals surface area contributed by atoms with Crippen LogP contribution in [0.2, 0.25) is 0 Å². The first-order chi connectivity index (χ1) is 18.6. The van der Waals surface area contributed by atoms with Gasteiger partial charge in [0.25, 0.3) is 0 Å². The summed E-state index contributed by atoms with van der Waals surface area (Å²) >= 11 is 2.71. The van der Waals surface area contributed by atoms with Crippen LogP contribution in [0.5, 0.6) is 0 Å². The molecule has 0 radical (unpaired) electrons. The van der Waals surface area contributed by atoms with Gasteiger partial charge < -0.3 is 14.7 Å². The number of aryl methyl sites for hydroxylation is 2. The van der Waals surface area contributed by atoms with Crippen LogP contribution in [0.15, 0.2) is 41.1 Å². The minimum atomic E-state index is -1.76. The Morgan fingerprint density at radius 3 is 2.47 bits per heavy atom. The SMILES string of the molecule is O=Cc1cc2nnn(CCCN3CCC(OC(=O)C(O)(c4cccs4)c4cccs4)CC3)c2c2c1CCC2. The number of likely N-dealkylation sites (tertiary alicyclic amines) is 1. The van der Waals surface area contributed by atoms with Crippen LogP contribution in [0, 0.1) is 0 Å². The number of carbonyl (C=O) groups is 2. The lowest BCUT2D eigenvalue weighted by molar-refractivity contribution is -0.169. The second kappa shape index (κ2) is 10.7. The monoisotopic (exact) mass is 550 g/mol. The van der Waals surface area contributed by atoms with Crippen LogP contribution in [-0.2, 0) is 34.5 Å². The van der Waals surface area contributed by atoms with Gasteiger partial charge in [-0.3, -0.25) is 4.79 Å². The molecule has 0 unspecified atom stereocenters. The molecule has 1 aliphatic heterocycles. The van der Waals surface area contributed by atoms with E-state index in [2.05, 4.69) is 15.2 Å². The Hall–Kier alpha value is -2.92. The number of hydrogen-bond acceptors (Lipinski definition) is 9. The predicted molar refractivity (Wildman–Crippen MR) is 147 cm³/mol. The zero-order valence-electron chi connectivity index (χ0n) is 21.0. The molecule has 2 aliphatic rings. The predicted octanol–water partition coefficient (Wildman–Crippen LogP) is 4.19. The van der Waals surface area contributed by atoms with Crippen molar-refractivity contribution in [2.45, 2.75) is 56.8 Å². The standard InChI is InChI=1S/C28H30N4O4S2/c33-18-19-17-23-26(22-6-1-5-21(19)22)32(30-29-23)12-4-11-31-13-9-20(10-14-31)36-27(34)28(35,24-7-2-15-37-24)25-8-3-16-38-25/h2-3,7-8,15-18,20,35H,1,4-6,9-14H2. The molecule has 198 valence electrons. The van der Waals surface area contributed by atoms with Crippen LogP contribution in [0.3, 0.4) is 0 Å². The van der Waals surface area contributed by atoms with Gasteiger partial charge in [-0.2, -0.15) is 0 Å². The third-order valence-corrected chi connectivity index (χ3v) is 9.69. The molecule has 0 bridgehead atoms. The number of carbonyl (C=O) groups excluding carboxylic acids is 2. The molecule has 3 aromatic heterocycles. The number of aliphatic hydroxyl groups is 1. The fourth-order valence-corrected chi connectivity index (χ4v) is 7.49. The zero-order chi connectivity index (χ0) is 26.1. The third-order valence-electron chi connectivity index (χ3n) is 7.74. The van der Waals surface area contributed by atoms with Crippen molar-refractivity contribution in [1.29, 1.82) is 0 Å². The van der Waals surface area contributed by atoms with E-state index in [-0.39, 0.29) is 6.10 Å². The highest BCUT2D eigenvalue weighted by molar-refractivity contribution is 7.12. The topological polar surface area (TPSA) is 97.5 Å². The van der Waals surface area contributed by atoms with Gasteiger partial charge in [-0.05, 0) is 85.2 Å². The number of aromatic nitrogens is 3. The van der Waals surface area contributed by atoms with Gasteiger partial charge in [-0.15, -0.1) is 27.8 Å². The quantitative estimate of drug-likeness (QED) is 0.247. The summed E-state index contributed by atoms with van der Waals surface area (Å²) in [6.07, 6.45) is 6.13. The van der Waals surface area contributed by atoms with E-state index in [4.69, 9.17) is 4.74 Å². The number of rotatable bonds is 9. The van der Waals surface area contributed by atoms with Gasteiger partial charge in [-0.1, -0.05) is 17.3 Å². The van der Waals surface area contributed by atoms with Crippen LogP contribution in [-0.4, -0.2) is 63.0 Å². The minimum absolute atomic E-state index is 0.209. The smallest absolute Gasteiger partial charge is 0.349 e. The third kappa shape index (κ3) is 4.59. The first-order valence-corrected chi connectivity index (χ1v) is 14.9. The van der Waals surface area contributed by atoms with Crippen LogP contribution < -0.4 is 0 Å². The second-order valence-corrected chi connectivity index (χ2v) is 11.9. The Bertz CT molecular complexity index is 1390. The molecule has 1 saturated heterocycles. The van der Waals surface area contributed by atoms with Crippen molar-refractivity contribution in [1.82, 2.24) is 19.9 Å². The molecule has 10 heteroatoms. The van der Waals surface area contributed by atoms with Crippen LogP contribution in [0.25, 0.3) is 11.0 Å². The number of ether oxygens (including phenoxy) is 1. The van der Waals surface area contributed by atoms with E-state index in [9.17, 15) is 14.7 Å². The van der Waals surface area contributed by atoms with Crippen molar-refractivity contribution in [2.24, 2.45) is 0 Å². The zero-order valence-corrected chi connectivity index (χ0v) is 22.7. The Labute approximate surface area is 228 Å². The molecular weight excluding hydrogens is 520 g/mol. The summed E-state index contributed by atoms with van der Waals surface area (Å²) in [6, 6.07) is 9.11. The normalized spacial score (nSPS) is 16.7. The van der Waals surface area contributed by atoms with Crippen molar-refractivity contribution in [3.05, 3.63) is 67.5 Å². The van der Waals surface area contributed by atoms with Crippen molar-refractivity contribution < 1.29 is 19.4 Å². The highest BCUT2D eigenvalue weighted by Gasteiger charge is 2.45. The Morgan fingerprint density at radius 1 is 1.11 bits per heavy atom. The molecule has 1 N–H and O–H groups in total. The lowest BCUT2D eigenvalue weighted by atomic mass is 9.99. The molecule has 8 nitrogen and oxygen atoms in total. The van der Waals surface area contributed by atoms with Gasteiger partial charge in [-0.25, -0.2) is 9.48 Å². The molecular formula is C28H30N4O4S2. The van der Waals surface area contributed by atoms with Crippen LogP contribution >= 0.6 is 22.7 Å². The molecule has 1 fully saturated rings. The van der Waals surface area contributed by atoms with E-state index in [0.29, 0.717) is 9.75 Å². The number of fused-ring (bicyclic) bond motifs is 3. The van der Waals surface area contributed by atoms with Crippen molar-refractivity contribution >= 4 is 46.0 Å². The molecule has 1 aromatic carbocycles. The number of hydrogen-bond donors (Lipinski definition) is 1. The lowest BCUT2D eigenvalue weighted by Crippen LogP contribution is -2.43. The van der Waals surface area contributed by atoms with E-state index in [1.165, 1.54) is 28.2 Å². The molecule has 0 spiro atoms. The average Bonchev–Trinajstić information content (AvgIpc) is 3.75. The van der Waals surface area contributed by atoms with Crippen molar-refractivity contribution in [2.75, 3.05) is 19.6 Å². The Kier molecular flexibility index (Phi) is 7.13. The van der Waals surface area contributed by atoms with Gasteiger partial charge in [0.05, 0.1) is 15.3 Å². The summed E-state index contributed by atoms with van der Waals surface area (Å²) in [5, 5.41) is 23.9. The van der Waals surface area contributed by atoms with Gasteiger partial charge in [0, 0.05) is 25.2 Å². The summed E-state index contributed by atoms with van der Waals surface area (Å²) in [4.78, 5) is 28.3. The molecule has 38 heavy (non-hydrogen) atoms. The number of benzene rings is 1. The van der Waals surface area contributed by atoms with E-state index in [1.807, 2.05) is 33.6 Å². The average molecular weight is 551 g/mol. The molecule has 4 aromatic rings. The van der Waals surface area contributed by atoms with Crippen molar-refractivity contribution in [3.8, 4) is 0 Å². The van der Waals surface area contributed by atoms with Gasteiger partial charge in [0.2, 0.25) is 5.60 Å². The number of thiophene rings is 2. The Balaban J connectivity index is 1.04. The fraction of sp³-hybridized carbons (Fsp3) is 0.429. The molecule has 6 rings (SSSR count). The number of esters is 1. The maximum Gasteiger partial charge on any atom is 0.349 e. The van der Waals surface area contributed by atoms with Crippen LogP contribution in [0.4, 0.5) is 0 Å². The minimum Gasteiger partial charge on any atom is -0.460 e. The Morgan fingerprint density at radius 2 is 1.82 bits per heavy atom. The van der Waals surface area contributed by atoms with Gasteiger partial charge in [0.15, 0.2) is 0 Å². The summed E-state index contributed by atoms with van der Waals surface area (Å²) < 4.78 is 7.87. The molecule has 0 saturated carbocycles. The molecule has 0 atom stereocenters. The first kappa shape index (κ1) is 25.4. The largest absolute Gasteiger partial charge is 0.460 e. The number of aldehydes is 1. The summed E-state index contributed by atoms with van der Waals surface area (Å²) in [5.74, 6) is -0.593. The van der Waals surface area contributed by atoms with E-state index in [1.54, 1.807) is 12.1 Å². The lowest BCUT2D eigenvalue weighted by Gasteiger charge is -2.33. The highest BCUT2D eigenvalue weighted by Crippen LogP contribution is 2.37. The molecule has 1 aliphatic carbocycles. The fourth-order valence-electron chi connectivity index (χ4n) is 5.78. The first-order valence-electron chi connectivity index (χ1n) is 13.1. The summed E-state index contributed by atoms with van der Waals surface area (Å²) in [5.41, 5.74) is 3.29. The molecule has 4 heterocycles. The summed E-state index contributed by atoms with van der Waals surface area (Å²) in [6.45, 7) is 3.37. The van der Waals surface area contributed by atoms with E-state index >= 15 is 0 Å². The van der Waals surface area contributed by atoms with Gasteiger partial charge >= 0.3 is 5.97 Å². The van der Waals surface area contributed by atoms with Gasteiger partial charge in [0.1, 0.15) is 17.9 Å². The van der Waals surface area contributed by atoms with Crippen LogP contribution in [0.1, 0.15) is 56.9 Å². The maximum atomic E-state index is 13.2. The number of nitrogens with zero attached hydrogens (tertiary/aromatic N) is 4.